The number of carbonyl (C=O) groups excluding carboxylic acids is 1. The lowest BCUT2D eigenvalue weighted by atomic mass is 10.1. The summed E-state index contributed by atoms with van der Waals surface area (Å²) >= 11 is 0. The monoisotopic (exact) mass is 290 g/mol. The second-order valence-electron chi connectivity index (χ2n) is 5.72. The van der Waals surface area contributed by atoms with Gasteiger partial charge in [-0.15, -0.1) is 0 Å². The Kier molecular flexibility index (Phi) is 6.54. The first kappa shape index (κ1) is 15.8. The molecule has 1 saturated carbocycles. The molecule has 116 valence electrons. The first-order valence-corrected chi connectivity index (χ1v) is 7.93. The molecule has 1 aliphatic carbocycles. The molecule has 21 heavy (non-hydrogen) atoms. The van der Waals surface area contributed by atoms with E-state index in [2.05, 4.69) is 10.6 Å². The molecule has 4 nitrogen and oxygen atoms in total. The zero-order valence-electron chi connectivity index (χ0n) is 12.9. The molecule has 2 rings (SSSR count). The summed E-state index contributed by atoms with van der Waals surface area (Å²) in [5.74, 6) is 0.736. The van der Waals surface area contributed by atoms with Gasteiger partial charge < -0.3 is 15.4 Å². The van der Waals surface area contributed by atoms with Crippen molar-refractivity contribution < 1.29 is 9.53 Å². The summed E-state index contributed by atoms with van der Waals surface area (Å²) < 4.78 is 5.59. The van der Waals surface area contributed by atoms with Crippen molar-refractivity contribution >= 4 is 5.91 Å². The number of nitrogens with one attached hydrogen (secondary N) is 2. The fourth-order valence-electron chi connectivity index (χ4n) is 2.79. The predicted octanol–water partition coefficient (Wildman–Crippen LogP) is 2.62. The Morgan fingerprint density at radius 2 is 2.00 bits per heavy atom. The molecule has 4 heteroatoms. The molecule has 0 heterocycles. The number of benzene rings is 1. The average molecular weight is 290 g/mol. The van der Waals surface area contributed by atoms with E-state index in [0.29, 0.717) is 6.04 Å². The van der Waals surface area contributed by atoms with Gasteiger partial charge in [0.2, 0.25) is 0 Å². The molecule has 1 aromatic rings. The molecular weight excluding hydrogens is 264 g/mol. The number of rotatable bonds is 6. The highest BCUT2D eigenvalue weighted by molar-refractivity contribution is 5.77. The van der Waals surface area contributed by atoms with Crippen molar-refractivity contribution in [2.45, 2.75) is 51.1 Å². The first-order valence-electron chi connectivity index (χ1n) is 7.93. The minimum atomic E-state index is -0.0130. The number of amides is 1. The van der Waals surface area contributed by atoms with Crippen molar-refractivity contribution in [2.75, 3.05) is 13.7 Å². The van der Waals surface area contributed by atoms with Crippen LogP contribution < -0.4 is 15.4 Å². The fourth-order valence-corrected chi connectivity index (χ4v) is 2.79. The van der Waals surface area contributed by atoms with Crippen LogP contribution in [0.2, 0.25) is 0 Å². The van der Waals surface area contributed by atoms with Crippen molar-refractivity contribution in [2.24, 2.45) is 0 Å². The van der Waals surface area contributed by atoms with Crippen LogP contribution in [0.1, 0.15) is 44.1 Å². The van der Waals surface area contributed by atoms with Gasteiger partial charge in [0.15, 0.2) is 6.61 Å². The van der Waals surface area contributed by atoms with Gasteiger partial charge in [-0.3, -0.25) is 4.79 Å². The second kappa shape index (κ2) is 8.67. The molecule has 0 atom stereocenters. The molecule has 2 N–H and O–H groups in total. The standard InChI is InChI=1S/C17H26N2O2/c1-18-12-14-7-6-10-16(11-14)21-13-17(20)19-15-8-4-2-3-5-9-15/h6-7,10-11,15,18H,2-5,8-9,12-13H2,1H3,(H,19,20). The van der Waals surface area contributed by atoms with E-state index in [0.717, 1.165) is 30.7 Å². The molecule has 0 saturated heterocycles. The summed E-state index contributed by atoms with van der Waals surface area (Å²) in [5, 5.41) is 6.19. The van der Waals surface area contributed by atoms with E-state index >= 15 is 0 Å². The van der Waals surface area contributed by atoms with Gasteiger partial charge in [0, 0.05) is 12.6 Å². The quantitative estimate of drug-likeness (QED) is 0.792. The molecular formula is C17H26N2O2. The third-order valence-corrected chi connectivity index (χ3v) is 3.87. The molecule has 1 fully saturated rings. The van der Waals surface area contributed by atoms with Crippen LogP contribution in [0.5, 0.6) is 5.75 Å². The number of hydrogen-bond acceptors (Lipinski definition) is 3. The van der Waals surface area contributed by atoms with Crippen molar-refractivity contribution in [1.29, 1.82) is 0 Å². The molecule has 0 bridgehead atoms. The molecule has 0 unspecified atom stereocenters. The Hall–Kier alpha value is -1.55. The Morgan fingerprint density at radius 1 is 1.24 bits per heavy atom. The normalized spacial score (nSPS) is 16.2. The Balaban J connectivity index is 1.76. The van der Waals surface area contributed by atoms with Crippen LogP contribution in [-0.2, 0) is 11.3 Å². The minimum absolute atomic E-state index is 0.0130. The van der Waals surface area contributed by atoms with Crippen LogP contribution >= 0.6 is 0 Å². The first-order chi connectivity index (χ1) is 10.3. The molecule has 1 aromatic carbocycles. The maximum absolute atomic E-state index is 12.0. The van der Waals surface area contributed by atoms with Gasteiger partial charge in [-0.1, -0.05) is 37.8 Å². The maximum Gasteiger partial charge on any atom is 0.258 e. The van der Waals surface area contributed by atoms with E-state index in [1.165, 1.54) is 25.7 Å². The van der Waals surface area contributed by atoms with Crippen molar-refractivity contribution in [3.8, 4) is 5.75 Å². The van der Waals surface area contributed by atoms with Gasteiger partial charge in [0.05, 0.1) is 0 Å². The highest BCUT2D eigenvalue weighted by Crippen LogP contribution is 2.17. The molecule has 0 aliphatic heterocycles. The molecule has 1 aliphatic rings. The topological polar surface area (TPSA) is 50.4 Å². The van der Waals surface area contributed by atoms with Crippen molar-refractivity contribution in [1.82, 2.24) is 10.6 Å². The van der Waals surface area contributed by atoms with Crippen LogP contribution in [-0.4, -0.2) is 25.6 Å². The smallest absolute Gasteiger partial charge is 0.258 e. The maximum atomic E-state index is 12.0. The highest BCUT2D eigenvalue weighted by atomic mass is 16.5. The summed E-state index contributed by atoms with van der Waals surface area (Å²) in [7, 11) is 1.91. The van der Waals surface area contributed by atoms with E-state index in [-0.39, 0.29) is 12.5 Å². The van der Waals surface area contributed by atoms with Crippen LogP contribution in [0.3, 0.4) is 0 Å². The summed E-state index contributed by atoms with van der Waals surface area (Å²) in [6.45, 7) is 0.894. The number of hydrogen-bond donors (Lipinski definition) is 2. The highest BCUT2D eigenvalue weighted by Gasteiger charge is 2.14. The van der Waals surface area contributed by atoms with E-state index in [1.54, 1.807) is 0 Å². The third-order valence-electron chi connectivity index (χ3n) is 3.87. The molecule has 1 amide bonds. The largest absolute Gasteiger partial charge is 0.484 e. The van der Waals surface area contributed by atoms with E-state index in [4.69, 9.17) is 4.74 Å². The van der Waals surface area contributed by atoms with Crippen molar-refractivity contribution in [3.63, 3.8) is 0 Å². The molecule has 0 radical (unpaired) electrons. The molecule has 0 spiro atoms. The SMILES string of the molecule is CNCc1cccc(OCC(=O)NC2CCCCCC2)c1. The Labute approximate surface area is 127 Å². The van der Waals surface area contributed by atoms with Gasteiger partial charge >= 0.3 is 0 Å². The molecule has 0 aromatic heterocycles. The van der Waals surface area contributed by atoms with Gasteiger partial charge in [-0.2, -0.15) is 0 Å². The van der Waals surface area contributed by atoms with Gasteiger partial charge in [-0.05, 0) is 37.6 Å². The zero-order valence-corrected chi connectivity index (χ0v) is 12.9. The lowest BCUT2D eigenvalue weighted by Gasteiger charge is -2.16. The average Bonchev–Trinajstić information content (AvgIpc) is 2.75. The van der Waals surface area contributed by atoms with E-state index in [1.807, 2.05) is 31.3 Å². The summed E-state index contributed by atoms with van der Waals surface area (Å²) in [6, 6.07) is 8.17. The fraction of sp³-hybridized carbons (Fsp3) is 0.588. The zero-order chi connectivity index (χ0) is 14.9. The lowest BCUT2D eigenvalue weighted by molar-refractivity contribution is -0.123. The number of carbonyl (C=O) groups is 1. The van der Waals surface area contributed by atoms with Crippen LogP contribution in [0, 0.1) is 0 Å². The summed E-state index contributed by atoms with van der Waals surface area (Å²) in [6.07, 6.45) is 7.23. The second-order valence-corrected chi connectivity index (χ2v) is 5.72. The third kappa shape index (κ3) is 5.76. The van der Waals surface area contributed by atoms with E-state index < -0.39 is 0 Å². The van der Waals surface area contributed by atoms with Crippen LogP contribution in [0.15, 0.2) is 24.3 Å². The Bertz CT molecular complexity index is 440. The number of ether oxygens (including phenoxy) is 1. The van der Waals surface area contributed by atoms with Gasteiger partial charge in [-0.25, -0.2) is 0 Å². The summed E-state index contributed by atoms with van der Waals surface area (Å²) in [5.41, 5.74) is 1.15. The van der Waals surface area contributed by atoms with Gasteiger partial charge in [0.1, 0.15) is 5.75 Å². The van der Waals surface area contributed by atoms with Crippen molar-refractivity contribution in [3.05, 3.63) is 29.8 Å². The minimum Gasteiger partial charge on any atom is -0.484 e. The summed E-state index contributed by atoms with van der Waals surface area (Å²) in [4.78, 5) is 12.0. The predicted molar refractivity (Wildman–Crippen MR) is 84.3 cm³/mol. The lowest BCUT2D eigenvalue weighted by Crippen LogP contribution is -2.37. The Morgan fingerprint density at radius 3 is 2.71 bits per heavy atom. The van der Waals surface area contributed by atoms with E-state index in [9.17, 15) is 4.79 Å². The van der Waals surface area contributed by atoms with Crippen LogP contribution in [0.25, 0.3) is 0 Å². The van der Waals surface area contributed by atoms with Gasteiger partial charge in [0.25, 0.3) is 5.91 Å². The van der Waals surface area contributed by atoms with Crippen LogP contribution in [0.4, 0.5) is 0 Å².